The number of ether oxygens (including phenoxy) is 5. The monoisotopic (exact) mass is 529 g/mol. The van der Waals surface area contributed by atoms with Crippen LogP contribution in [0.25, 0.3) is 0 Å². The van der Waals surface area contributed by atoms with Crippen molar-refractivity contribution in [3.05, 3.63) is 0 Å². The Kier molecular flexibility index (Phi) is 8.24. The summed E-state index contributed by atoms with van der Waals surface area (Å²) in [6, 6.07) is -3.85. The second kappa shape index (κ2) is 10.5. The van der Waals surface area contributed by atoms with Crippen LogP contribution in [0.4, 0.5) is 0 Å². The molecule has 210 valence electrons. The molecule has 3 aliphatic heterocycles. The van der Waals surface area contributed by atoms with Gasteiger partial charge in [-0.05, 0) is 0 Å². The van der Waals surface area contributed by atoms with Crippen molar-refractivity contribution in [2.75, 3.05) is 13.2 Å². The molecule has 17 atom stereocenters. The van der Waals surface area contributed by atoms with Crippen LogP contribution >= 0.6 is 0 Å². The van der Waals surface area contributed by atoms with Gasteiger partial charge >= 0.3 is 5.97 Å². The largest absolute Gasteiger partial charge is 0.395 e. The Labute approximate surface area is 204 Å². The highest BCUT2D eigenvalue weighted by Gasteiger charge is 2.67. The van der Waals surface area contributed by atoms with E-state index < -0.39 is 117 Å². The Bertz CT molecular complexity index is 755. The van der Waals surface area contributed by atoms with Gasteiger partial charge in [-0.3, -0.25) is 0 Å². The number of nitrogens with two attached hydrogens (primary N) is 3. The summed E-state index contributed by atoms with van der Waals surface area (Å²) in [5.74, 6) is -2.53. The lowest BCUT2D eigenvalue weighted by molar-refractivity contribution is -0.439. The number of aliphatic hydroxyl groups excluding tert-OH is 9. The highest BCUT2D eigenvalue weighted by molar-refractivity contribution is 5.06. The molecule has 36 heavy (non-hydrogen) atoms. The zero-order chi connectivity index (χ0) is 26.7. The van der Waals surface area contributed by atoms with E-state index in [4.69, 9.17) is 40.9 Å². The van der Waals surface area contributed by atoms with Gasteiger partial charge in [0.25, 0.3) is 0 Å². The third-order valence-electron chi connectivity index (χ3n) is 7.25. The third kappa shape index (κ3) is 4.46. The molecule has 0 aromatic carbocycles. The molecule has 7 unspecified atom stereocenters. The summed E-state index contributed by atoms with van der Waals surface area (Å²) in [7, 11) is 0. The second-order valence-corrected chi connectivity index (χ2v) is 9.57. The molecule has 0 bridgehead atoms. The van der Waals surface area contributed by atoms with Gasteiger partial charge in [-0.15, -0.1) is 0 Å². The summed E-state index contributed by atoms with van der Waals surface area (Å²) >= 11 is 0. The lowest BCUT2D eigenvalue weighted by Crippen LogP contribution is -2.71. The van der Waals surface area contributed by atoms with E-state index in [0.717, 1.165) is 0 Å². The molecular weight excluding hydrogens is 494 g/mol. The fourth-order valence-electron chi connectivity index (χ4n) is 4.99. The van der Waals surface area contributed by atoms with Crippen LogP contribution in [0, 0.1) is 0 Å². The molecule has 1 spiro atoms. The molecule has 1 aliphatic carbocycles. The fraction of sp³-hybridized carbons (Fsp3) is 1.00. The molecule has 0 amide bonds. The Morgan fingerprint density at radius 2 is 1.33 bits per heavy atom. The summed E-state index contributed by atoms with van der Waals surface area (Å²) in [6.07, 6.45) is -20.9. The molecule has 17 nitrogen and oxygen atoms in total. The lowest BCUT2D eigenvalue weighted by atomic mass is 9.82. The van der Waals surface area contributed by atoms with Crippen molar-refractivity contribution in [3.8, 4) is 0 Å². The zero-order valence-electron chi connectivity index (χ0n) is 19.0. The Hall–Kier alpha value is -0.680. The van der Waals surface area contributed by atoms with Gasteiger partial charge in [0.05, 0.1) is 37.4 Å². The average molecular weight is 529 g/mol. The van der Waals surface area contributed by atoms with Crippen LogP contribution in [0.1, 0.15) is 0 Å². The Morgan fingerprint density at radius 1 is 0.750 bits per heavy atom. The van der Waals surface area contributed by atoms with Crippen LogP contribution in [-0.2, 0) is 23.7 Å². The minimum absolute atomic E-state index is 0.679. The van der Waals surface area contributed by atoms with E-state index in [-0.39, 0.29) is 0 Å². The highest BCUT2D eigenvalue weighted by Crippen LogP contribution is 2.45. The van der Waals surface area contributed by atoms with Crippen molar-refractivity contribution in [3.63, 3.8) is 0 Å². The minimum Gasteiger partial charge on any atom is -0.395 e. The van der Waals surface area contributed by atoms with E-state index in [1.807, 2.05) is 0 Å². The quantitative estimate of drug-likeness (QED) is 0.157. The van der Waals surface area contributed by atoms with Crippen molar-refractivity contribution in [2.24, 2.45) is 17.2 Å². The third-order valence-corrected chi connectivity index (χ3v) is 7.25. The van der Waals surface area contributed by atoms with Crippen molar-refractivity contribution in [2.45, 2.75) is 104 Å². The topological polar surface area (TPSA) is 306 Å². The minimum atomic E-state index is -2.53. The molecule has 0 aromatic rings. The Morgan fingerprint density at radius 3 is 1.89 bits per heavy atom. The Balaban J connectivity index is 1.63. The maximum Gasteiger partial charge on any atom is 0.314 e. The molecule has 4 fully saturated rings. The first-order valence-corrected chi connectivity index (χ1v) is 11.5. The van der Waals surface area contributed by atoms with Gasteiger partial charge in [-0.25, -0.2) is 0 Å². The van der Waals surface area contributed by atoms with Gasteiger partial charge in [0.15, 0.2) is 12.4 Å². The summed E-state index contributed by atoms with van der Waals surface area (Å²) in [6.45, 7) is -1.42. The standard InChI is InChI=1S/C19H35N3O14/c20-3(1-23)13-11(29)12(30)17(31)19(34-13)35-15-7(25)4(2-24)32-18(16(15)36-19)33-14-9(27)5(21)8(26)6(22)10(14)28/h3-18,23-31H,1-2,20-22H2/t3?,4-,5-,6+,7+,8?,9+,10-,11?,12-,13-,14?,15?,16?,17-,18+,19?/m1/s1. The number of rotatable bonds is 5. The summed E-state index contributed by atoms with van der Waals surface area (Å²) < 4.78 is 28.3. The van der Waals surface area contributed by atoms with E-state index >= 15 is 0 Å². The first-order valence-electron chi connectivity index (χ1n) is 11.5. The number of hydrogen-bond donors (Lipinski definition) is 12. The SMILES string of the molecule is NC(CO)[C@H]1OC2(OC3C(O2)[C@@H](O)[C@@H](CO)O[C@H]3OC2[C@@H](O)[C@H](N)C(O)[C@H](N)[C@H]2O)[C@H](O)[C@H](O)C1O. The number of hydrogen-bond acceptors (Lipinski definition) is 17. The molecule has 15 N–H and O–H groups in total. The van der Waals surface area contributed by atoms with Crippen LogP contribution in [0.15, 0.2) is 0 Å². The fourth-order valence-corrected chi connectivity index (χ4v) is 4.99. The molecule has 3 saturated heterocycles. The summed E-state index contributed by atoms with van der Waals surface area (Å²) in [5.41, 5.74) is 17.3. The van der Waals surface area contributed by atoms with Crippen molar-refractivity contribution < 1.29 is 69.6 Å². The molecule has 3 heterocycles. The van der Waals surface area contributed by atoms with Crippen LogP contribution < -0.4 is 17.2 Å². The maximum atomic E-state index is 10.7. The van der Waals surface area contributed by atoms with E-state index in [1.165, 1.54) is 0 Å². The average Bonchev–Trinajstić information content (AvgIpc) is 3.27. The highest BCUT2D eigenvalue weighted by atomic mass is 16.9. The van der Waals surface area contributed by atoms with Crippen LogP contribution in [-0.4, -0.2) is 163 Å². The first kappa shape index (κ1) is 28.3. The van der Waals surface area contributed by atoms with Gasteiger partial charge in [-0.1, -0.05) is 0 Å². The second-order valence-electron chi connectivity index (χ2n) is 9.57. The van der Waals surface area contributed by atoms with Crippen LogP contribution in [0.2, 0.25) is 0 Å². The van der Waals surface area contributed by atoms with Gasteiger partial charge < -0.3 is 86.8 Å². The zero-order valence-corrected chi connectivity index (χ0v) is 19.0. The molecule has 1 saturated carbocycles. The van der Waals surface area contributed by atoms with E-state index in [9.17, 15) is 46.0 Å². The molecule has 17 heteroatoms. The van der Waals surface area contributed by atoms with Gasteiger partial charge in [-0.2, -0.15) is 0 Å². The van der Waals surface area contributed by atoms with E-state index in [1.54, 1.807) is 0 Å². The van der Waals surface area contributed by atoms with Gasteiger partial charge in [0, 0.05) is 0 Å². The van der Waals surface area contributed by atoms with Crippen molar-refractivity contribution in [1.82, 2.24) is 0 Å². The van der Waals surface area contributed by atoms with E-state index in [0.29, 0.717) is 0 Å². The smallest absolute Gasteiger partial charge is 0.314 e. The summed E-state index contributed by atoms with van der Waals surface area (Å²) in [4.78, 5) is 0. The van der Waals surface area contributed by atoms with Crippen LogP contribution in [0.5, 0.6) is 0 Å². The number of fused-ring (bicyclic) bond motifs is 1. The predicted octanol–water partition coefficient (Wildman–Crippen LogP) is -8.56. The maximum absolute atomic E-state index is 10.7. The molecule has 0 radical (unpaired) electrons. The van der Waals surface area contributed by atoms with E-state index in [2.05, 4.69) is 0 Å². The van der Waals surface area contributed by atoms with Crippen molar-refractivity contribution >= 4 is 0 Å². The normalized spacial score (nSPS) is 56.5. The predicted molar refractivity (Wildman–Crippen MR) is 111 cm³/mol. The van der Waals surface area contributed by atoms with Crippen LogP contribution in [0.3, 0.4) is 0 Å². The molecule has 4 rings (SSSR count). The van der Waals surface area contributed by atoms with Crippen molar-refractivity contribution in [1.29, 1.82) is 0 Å². The van der Waals surface area contributed by atoms with Gasteiger partial charge in [0.1, 0.15) is 61.0 Å². The van der Waals surface area contributed by atoms with Gasteiger partial charge in [0.2, 0.25) is 0 Å². The number of aliphatic hydroxyl groups is 9. The molecule has 4 aliphatic rings. The lowest BCUT2D eigenvalue weighted by Gasteiger charge is -2.47. The summed E-state index contributed by atoms with van der Waals surface area (Å²) in [5, 5.41) is 92.2. The first-order chi connectivity index (χ1) is 16.9. The molecular formula is C19H35N3O14. The molecule has 0 aromatic heterocycles.